The van der Waals surface area contributed by atoms with Crippen LogP contribution in [0.25, 0.3) is 22.2 Å². The van der Waals surface area contributed by atoms with E-state index in [1.807, 2.05) is 66.9 Å². The zero-order valence-corrected chi connectivity index (χ0v) is 19.5. The van der Waals surface area contributed by atoms with E-state index in [1.165, 1.54) is 17.3 Å². The van der Waals surface area contributed by atoms with Gasteiger partial charge in [0.25, 0.3) is 5.56 Å². The second-order valence-electron chi connectivity index (χ2n) is 7.87. The third kappa shape index (κ3) is 5.54. The fraction of sp³-hybridized carbons (Fsp3) is 0.269. The average molecular weight is 461 g/mol. The molecular formula is C26H28N4O2S. The molecule has 170 valence electrons. The molecule has 0 bridgehead atoms. The van der Waals surface area contributed by atoms with E-state index in [4.69, 9.17) is 4.98 Å². The lowest BCUT2D eigenvalue weighted by molar-refractivity contribution is -0.118. The monoisotopic (exact) mass is 460 g/mol. The van der Waals surface area contributed by atoms with Crippen LogP contribution in [0.2, 0.25) is 0 Å². The summed E-state index contributed by atoms with van der Waals surface area (Å²) in [5, 5.41) is 3.55. The van der Waals surface area contributed by atoms with Gasteiger partial charge in [0.05, 0.1) is 5.75 Å². The summed E-state index contributed by atoms with van der Waals surface area (Å²) in [5.74, 6) is 0.147. The molecule has 1 amide bonds. The average Bonchev–Trinajstić information content (AvgIpc) is 3.28. The van der Waals surface area contributed by atoms with Crippen LogP contribution in [0.1, 0.15) is 25.3 Å². The number of rotatable bonds is 10. The van der Waals surface area contributed by atoms with Crippen molar-refractivity contribution < 1.29 is 4.79 Å². The van der Waals surface area contributed by atoms with Crippen LogP contribution in [0, 0.1) is 0 Å². The number of fused-ring (bicyclic) bond motifs is 1. The van der Waals surface area contributed by atoms with Crippen molar-refractivity contribution in [1.29, 1.82) is 0 Å². The number of nitrogens with zero attached hydrogens (tertiary/aromatic N) is 2. The number of H-pyrrole nitrogens is 1. The molecule has 0 saturated heterocycles. The van der Waals surface area contributed by atoms with Crippen LogP contribution in [0.3, 0.4) is 0 Å². The molecule has 2 aromatic carbocycles. The van der Waals surface area contributed by atoms with Crippen LogP contribution in [0.4, 0.5) is 0 Å². The van der Waals surface area contributed by atoms with Gasteiger partial charge in [0.1, 0.15) is 11.0 Å². The molecule has 0 atom stereocenters. The van der Waals surface area contributed by atoms with E-state index < -0.39 is 0 Å². The largest absolute Gasteiger partial charge is 0.355 e. The van der Waals surface area contributed by atoms with Crippen molar-refractivity contribution in [2.75, 3.05) is 12.3 Å². The molecule has 6 nitrogen and oxygen atoms in total. The van der Waals surface area contributed by atoms with Gasteiger partial charge in [-0.2, -0.15) is 0 Å². The normalized spacial score (nSPS) is 11.1. The maximum atomic E-state index is 13.3. The zero-order chi connectivity index (χ0) is 23.0. The summed E-state index contributed by atoms with van der Waals surface area (Å²) in [5.41, 5.74) is 4.12. The smallest absolute Gasteiger partial charge is 0.278 e. The van der Waals surface area contributed by atoms with Gasteiger partial charge in [-0.3, -0.25) is 14.2 Å². The second-order valence-corrected chi connectivity index (χ2v) is 8.81. The van der Waals surface area contributed by atoms with Gasteiger partial charge in [0.2, 0.25) is 5.91 Å². The van der Waals surface area contributed by atoms with E-state index >= 15 is 0 Å². The molecule has 0 aliphatic carbocycles. The number of benzene rings is 2. The van der Waals surface area contributed by atoms with Gasteiger partial charge in [-0.05, 0) is 24.0 Å². The Morgan fingerprint density at radius 1 is 1.09 bits per heavy atom. The van der Waals surface area contributed by atoms with Gasteiger partial charge >= 0.3 is 0 Å². The zero-order valence-electron chi connectivity index (χ0n) is 18.7. The molecular weight excluding hydrogens is 432 g/mol. The van der Waals surface area contributed by atoms with Crippen molar-refractivity contribution >= 4 is 28.7 Å². The Labute approximate surface area is 197 Å². The number of nitrogens with one attached hydrogen (secondary N) is 2. The molecule has 0 fully saturated rings. The molecule has 4 rings (SSSR count). The Morgan fingerprint density at radius 3 is 2.55 bits per heavy atom. The SMILES string of the molecule is CCCCn1c(SCC(=O)NCCc2ccccc2)nc2c(-c3ccccc3)c[nH]c2c1=O. The molecule has 2 N–H and O–H groups in total. The quantitative estimate of drug-likeness (QED) is 0.267. The minimum absolute atomic E-state index is 0.0651. The number of amides is 1. The second kappa shape index (κ2) is 11.0. The van der Waals surface area contributed by atoms with E-state index in [0.29, 0.717) is 29.3 Å². The summed E-state index contributed by atoms with van der Waals surface area (Å²) in [6.07, 6.45) is 4.46. The van der Waals surface area contributed by atoms with Gasteiger partial charge in [0.15, 0.2) is 5.16 Å². The first-order valence-electron chi connectivity index (χ1n) is 11.3. The number of aromatic nitrogens is 3. The summed E-state index contributed by atoms with van der Waals surface area (Å²) in [6, 6.07) is 20.0. The Balaban J connectivity index is 1.53. The summed E-state index contributed by atoms with van der Waals surface area (Å²) in [4.78, 5) is 33.7. The number of aromatic amines is 1. The van der Waals surface area contributed by atoms with Crippen LogP contribution < -0.4 is 10.9 Å². The molecule has 2 aromatic heterocycles. The van der Waals surface area contributed by atoms with E-state index in [9.17, 15) is 9.59 Å². The number of hydrogen-bond acceptors (Lipinski definition) is 4. The lowest BCUT2D eigenvalue weighted by Crippen LogP contribution is -2.28. The van der Waals surface area contributed by atoms with Crippen molar-refractivity contribution in [3.8, 4) is 11.1 Å². The first kappa shape index (κ1) is 22.9. The Kier molecular flexibility index (Phi) is 7.62. The van der Waals surface area contributed by atoms with E-state index in [2.05, 4.69) is 17.2 Å². The van der Waals surface area contributed by atoms with Gasteiger partial charge < -0.3 is 10.3 Å². The Hall–Kier alpha value is -3.32. The van der Waals surface area contributed by atoms with Crippen LogP contribution in [0.5, 0.6) is 0 Å². The summed E-state index contributed by atoms with van der Waals surface area (Å²) >= 11 is 1.31. The molecule has 2 heterocycles. The lowest BCUT2D eigenvalue weighted by atomic mass is 10.1. The Morgan fingerprint density at radius 2 is 1.82 bits per heavy atom. The third-order valence-corrected chi connectivity index (χ3v) is 6.46. The highest BCUT2D eigenvalue weighted by atomic mass is 32.2. The van der Waals surface area contributed by atoms with E-state index in [1.54, 1.807) is 4.57 Å². The van der Waals surface area contributed by atoms with Crippen molar-refractivity contribution in [1.82, 2.24) is 19.9 Å². The summed E-state index contributed by atoms with van der Waals surface area (Å²) in [7, 11) is 0. The van der Waals surface area contributed by atoms with Crippen LogP contribution >= 0.6 is 11.8 Å². The number of hydrogen-bond donors (Lipinski definition) is 2. The fourth-order valence-electron chi connectivity index (χ4n) is 3.71. The molecule has 0 spiro atoms. The molecule has 0 saturated carbocycles. The number of unbranched alkanes of at least 4 members (excludes halogenated alkanes) is 1. The highest BCUT2D eigenvalue weighted by Gasteiger charge is 2.17. The standard InChI is InChI=1S/C26H28N4O2S/c1-2-3-16-30-25(32)24-23(21(17-28-24)20-12-8-5-9-13-20)29-26(30)33-18-22(31)27-15-14-19-10-6-4-7-11-19/h4-13,17,28H,2-3,14-16,18H2,1H3,(H,27,31). The summed E-state index contributed by atoms with van der Waals surface area (Å²) in [6.45, 7) is 3.25. The molecule has 4 aromatic rings. The minimum atomic E-state index is -0.0948. The van der Waals surface area contributed by atoms with Crippen LogP contribution in [0.15, 0.2) is 76.8 Å². The first-order chi connectivity index (χ1) is 16.2. The van der Waals surface area contributed by atoms with Gasteiger partial charge in [0, 0.05) is 24.8 Å². The van der Waals surface area contributed by atoms with Gasteiger partial charge in [-0.1, -0.05) is 85.8 Å². The molecule has 0 aliphatic heterocycles. The maximum absolute atomic E-state index is 13.3. The molecule has 0 radical (unpaired) electrons. The third-order valence-electron chi connectivity index (χ3n) is 5.48. The molecule has 33 heavy (non-hydrogen) atoms. The van der Waals surface area contributed by atoms with Crippen LogP contribution in [-0.4, -0.2) is 32.7 Å². The van der Waals surface area contributed by atoms with Crippen molar-refractivity contribution in [2.24, 2.45) is 0 Å². The van der Waals surface area contributed by atoms with Crippen LogP contribution in [-0.2, 0) is 17.8 Å². The maximum Gasteiger partial charge on any atom is 0.278 e. The van der Waals surface area contributed by atoms with Gasteiger partial charge in [-0.25, -0.2) is 4.98 Å². The van der Waals surface area contributed by atoms with Crippen molar-refractivity contribution in [3.05, 3.63) is 82.8 Å². The van der Waals surface area contributed by atoms with Crippen molar-refractivity contribution in [3.63, 3.8) is 0 Å². The van der Waals surface area contributed by atoms with E-state index in [0.717, 1.165) is 30.4 Å². The summed E-state index contributed by atoms with van der Waals surface area (Å²) < 4.78 is 1.69. The number of thioether (sulfide) groups is 1. The molecule has 0 unspecified atom stereocenters. The highest BCUT2D eigenvalue weighted by Crippen LogP contribution is 2.27. The highest BCUT2D eigenvalue weighted by molar-refractivity contribution is 7.99. The van der Waals surface area contributed by atoms with E-state index in [-0.39, 0.29) is 17.2 Å². The molecule has 7 heteroatoms. The van der Waals surface area contributed by atoms with Gasteiger partial charge in [-0.15, -0.1) is 0 Å². The lowest BCUT2D eigenvalue weighted by Gasteiger charge is -2.12. The first-order valence-corrected chi connectivity index (χ1v) is 12.3. The predicted octanol–water partition coefficient (Wildman–Crippen LogP) is 4.64. The molecule has 0 aliphatic rings. The fourth-order valence-corrected chi connectivity index (χ4v) is 4.55. The minimum Gasteiger partial charge on any atom is -0.355 e. The Bertz CT molecular complexity index is 1270. The number of carbonyl (C=O) groups excluding carboxylic acids is 1. The number of carbonyl (C=O) groups is 1. The van der Waals surface area contributed by atoms with Crippen molar-refractivity contribution in [2.45, 2.75) is 37.9 Å². The predicted molar refractivity (Wildman–Crippen MR) is 135 cm³/mol. The topological polar surface area (TPSA) is 79.8 Å².